The summed E-state index contributed by atoms with van der Waals surface area (Å²) in [5.41, 5.74) is 7.46. The molecule has 0 aromatic heterocycles. The van der Waals surface area contributed by atoms with Crippen LogP contribution in [0.2, 0.25) is 0 Å². The molecule has 4 heteroatoms. The van der Waals surface area contributed by atoms with E-state index in [1.165, 1.54) is 31.2 Å². The third kappa shape index (κ3) is 3.92. The van der Waals surface area contributed by atoms with E-state index in [-0.39, 0.29) is 5.84 Å². The number of amidine groups is 1. The molecular weight excluding hydrogens is 268 g/mol. The molecule has 20 heavy (non-hydrogen) atoms. The predicted molar refractivity (Wildman–Crippen MR) is 86.7 cm³/mol. The van der Waals surface area contributed by atoms with Gasteiger partial charge in [0.15, 0.2) is 0 Å². The van der Waals surface area contributed by atoms with Crippen molar-refractivity contribution in [2.24, 2.45) is 11.7 Å². The number of methoxy groups -OCH3 is 1. The summed E-state index contributed by atoms with van der Waals surface area (Å²) < 4.78 is 5.33. The molecule has 2 atom stereocenters. The van der Waals surface area contributed by atoms with Crippen LogP contribution in [-0.4, -0.2) is 18.2 Å². The second-order valence-electron chi connectivity index (χ2n) is 5.65. The van der Waals surface area contributed by atoms with E-state index in [0.717, 1.165) is 16.9 Å². The Morgan fingerprint density at radius 1 is 1.45 bits per heavy atom. The molecule has 3 N–H and O–H groups in total. The first-order chi connectivity index (χ1) is 9.60. The van der Waals surface area contributed by atoms with E-state index in [1.807, 2.05) is 23.9 Å². The molecule has 0 amide bonds. The highest BCUT2D eigenvalue weighted by Crippen LogP contribution is 2.34. The van der Waals surface area contributed by atoms with Crippen molar-refractivity contribution in [1.82, 2.24) is 0 Å². The van der Waals surface area contributed by atoms with Gasteiger partial charge in [-0.15, -0.1) is 0 Å². The summed E-state index contributed by atoms with van der Waals surface area (Å²) in [7, 11) is 1.63. The van der Waals surface area contributed by atoms with Crippen molar-refractivity contribution >= 4 is 17.6 Å². The fourth-order valence-corrected chi connectivity index (χ4v) is 4.20. The van der Waals surface area contributed by atoms with Crippen LogP contribution in [0.4, 0.5) is 0 Å². The number of nitrogens with one attached hydrogen (secondary N) is 1. The molecule has 1 aliphatic carbocycles. The number of benzene rings is 1. The Hall–Kier alpha value is -1.16. The zero-order valence-corrected chi connectivity index (χ0v) is 13.1. The minimum Gasteiger partial charge on any atom is -0.496 e. The molecule has 1 aromatic carbocycles. The third-order valence-corrected chi connectivity index (χ3v) is 5.33. The summed E-state index contributed by atoms with van der Waals surface area (Å²) in [6, 6.07) is 5.95. The Labute approximate surface area is 125 Å². The number of thioether (sulfide) groups is 1. The van der Waals surface area contributed by atoms with Gasteiger partial charge in [-0.05, 0) is 36.5 Å². The van der Waals surface area contributed by atoms with Gasteiger partial charge in [0.25, 0.3) is 0 Å². The Bertz CT molecular complexity index is 476. The summed E-state index contributed by atoms with van der Waals surface area (Å²) in [5.74, 6) is 2.64. The zero-order valence-electron chi connectivity index (χ0n) is 12.3. The highest BCUT2D eigenvalue weighted by molar-refractivity contribution is 7.99. The van der Waals surface area contributed by atoms with Gasteiger partial charge in [0.2, 0.25) is 0 Å². The molecule has 1 saturated carbocycles. The largest absolute Gasteiger partial charge is 0.496 e. The standard InChI is InChI=1S/C16H24N2OS/c1-11-4-3-5-13(8-11)20-10-12-6-7-14(16(17)18)15(9-12)19-2/h6-7,9,11,13H,3-5,8,10H2,1-2H3,(H3,17,18). The van der Waals surface area contributed by atoms with E-state index < -0.39 is 0 Å². The third-order valence-electron chi connectivity index (χ3n) is 3.93. The fraction of sp³-hybridized carbons (Fsp3) is 0.562. The highest BCUT2D eigenvalue weighted by Gasteiger charge is 2.19. The van der Waals surface area contributed by atoms with Crippen LogP contribution in [0.1, 0.15) is 43.7 Å². The van der Waals surface area contributed by atoms with E-state index in [2.05, 4.69) is 13.0 Å². The van der Waals surface area contributed by atoms with Crippen LogP contribution in [-0.2, 0) is 5.75 Å². The van der Waals surface area contributed by atoms with Gasteiger partial charge in [-0.3, -0.25) is 5.41 Å². The van der Waals surface area contributed by atoms with E-state index >= 15 is 0 Å². The van der Waals surface area contributed by atoms with Crippen molar-refractivity contribution in [1.29, 1.82) is 5.41 Å². The lowest BCUT2D eigenvalue weighted by Crippen LogP contribution is -2.15. The highest BCUT2D eigenvalue weighted by atomic mass is 32.2. The number of nitrogen functional groups attached to an aromatic ring is 1. The van der Waals surface area contributed by atoms with Gasteiger partial charge >= 0.3 is 0 Å². The van der Waals surface area contributed by atoms with Gasteiger partial charge in [-0.2, -0.15) is 11.8 Å². The van der Waals surface area contributed by atoms with Gasteiger partial charge in [-0.1, -0.05) is 25.8 Å². The summed E-state index contributed by atoms with van der Waals surface area (Å²) in [6.45, 7) is 2.36. The number of hydrogen-bond acceptors (Lipinski definition) is 3. The van der Waals surface area contributed by atoms with E-state index in [9.17, 15) is 0 Å². The molecule has 3 nitrogen and oxygen atoms in total. The maximum atomic E-state index is 7.53. The molecular formula is C16H24N2OS. The summed E-state index contributed by atoms with van der Waals surface area (Å²) in [4.78, 5) is 0. The van der Waals surface area contributed by atoms with Crippen molar-refractivity contribution in [3.63, 3.8) is 0 Å². The van der Waals surface area contributed by atoms with Crippen molar-refractivity contribution in [2.75, 3.05) is 7.11 Å². The smallest absolute Gasteiger partial charge is 0.130 e. The van der Waals surface area contributed by atoms with Crippen LogP contribution in [0.5, 0.6) is 5.75 Å². The molecule has 0 bridgehead atoms. The summed E-state index contributed by atoms with van der Waals surface area (Å²) in [6.07, 6.45) is 5.44. The lowest BCUT2D eigenvalue weighted by molar-refractivity contribution is 0.394. The topological polar surface area (TPSA) is 59.1 Å². The Morgan fingerprint density at radius 3 is 2.90 bits per heavy atom. The molecule has 2 rings (SSSR count). The lowest BCUT2D eigenvalue weighted by Gasteiger charge is -2.26. The minimum atomic E-state index is 0.0576. The second-order valence-corrected chi connectivity index (χ2v) is 6.94. The normalized spacial score (nSPS) is 22.5. The zero-order chi connectivity index (χ0) is 14.5. The average molecular weight is 292 g/mol. The Balaban J connectivity index is 1.97. The van der Waals surface area contributed by atoms with Gasteiger partial charge in [0.05, 0.1) is 12.7 Å². The van der Waals surface area contributed by atoms with Crippen molar-refractivity contribution < 1.29 is 4.74 Å². The van der Waals surface area contributed by atoms with Crippen LogP contribution in [0.15, 0.2) is 18.2 Å². The molecule has 1 aromatic rings. The first-order valence-electron chi connectivity index (χ1n) is 7.23. The van der Waals surface area contributed by atoms with Crippen LogP contribution in [0.25, 0.3) is 0 Å². The molecule has 0 spiro atoms. The molecule has 1 fully saturated rings. The minimum absolute atomic E-state index is 0.0576. The quantitative estimate of drug-likeness (QED) is 0.641. The molecule has 0 radical (unpaired) electrons. The predicted octanol–water partition coefficient (Wildman–Crippen LogP) is 3.79. The molecule has 0 saturated heterocycles. The fourth-order valence-electron chi connectivity index (χ4n) is 2.79. The van der Waals surface area contributed by atoms with Crippen LogP contribution < -0.4 is 10.5 Å². The first-order valence-corrected chi connectivity index (χ1v) is 8.28. The van der Waals surface area contributed by atoms with Gasteiger partial charge in [0, 0.05) is 11.0 Å². The van der Waals surface area contributed by atoms with Crippen LogP contribution >= 0.6 is 11.8 Å². The van der Waals surface area contributed by atoms with Crippen LogP contribution in [0, 0.1) is 11.3 Å². The van der Waals surface area contributed by atoms with Crippen molar-refractivity contribution in [3.8, 4) is 5.75 Å². The summed E-state index contributed by atoms with van der Waals surface area (Å²) >= 11 is 2.05. The van der Waals surface area contributed by atoms with Gasteiger partial charge in [0.1, 0.15) is 11.6 Å². The molecule has 0 aliphatic heterocycles. The van der Waals surface area contributed by atoms with Crippen molar-refractivity contribution in [3.05, 3.63) is 29.3 Å². The number of hydrogen-bond donors (Lipinski definition) is 2. The van der Waals surface area contributed by atoms with Gasteiger partial charge in [-0.25, -0.2) is 0 Å². The molecule has 0 heterocycles. The van der Waals surface area contributed by atoms with Crippen molar-refractivity contribution in [2.45, 2.75) is 43.6 Å². The van der Waals surface area contributed by atoms with Crippen LogP contribution in [0.3, 0.4) is 0 Å². The van der Waals surface area contributed by atoms with Gasteiger partial charge < -0.3 is 10.5 Å². The van der Waals surface area contributed by atoms with E-state index in [4.69, 9.17) is 15.9 Å². The molecule has 2 unspecified atom stereocenters. The maximum absolute atomic E-state index is 7.53. The number of ether oxygens (including phenoxy) is 1. The summed E-state index contributed by atoms with van der Waals surface area (Å²) in [5, 5.41) is 8.32. The number of rotatable bonds is 5. The first kappa shape index (κ1) is 15.2. The lowest BCUT2D eigenvalue weighted by atomic mass is 9.91. The maximum Gasteiger partial charge on any atom is 0.130 e. The second kappa shape index (κ2) is 7.02. The Morgan fingerprint density at radius 2 is 2.25 bits per heavy atom. The molecule has 1 aliphatic rings. The average Bonchev–Trinajstić information content (AvgIpc) is 2.44. The Kier molecular flexibility index (Phi) is 5.35. The van der Waals surface area contributed by atoms with E-state index in [1.54, 1.807) is 7.11 Å². The van der Waals surface area contributed by atoms with E-state index in [0.29, 0.717) is 11.3 Å². The number of nitrogens with two attached hydrogens (primary N) is 1. The molecule has 110 valence electrons. The monoisotopic (exact) mass is 292 g/mol. The SMILES string of the molecule is COc1cc(CSC2CCCC(C)C2)ccc1C(=N)N.